The van der Waals surface area contributed by atoms with Gasteiger partial charge in [0.05, 0.1) is 12.1 Å². The molecule has 0 aliphatic heterocycles. The van der Waals surface area contributed by atoms with Crippen LogP contribution in [0.25, 0.3) is 0 Å². The van der Waals surface area contributed by atoms with Crippen molar-refractivity contribution in [2.75, 3.05) is 0 Å². The fourth-order valence-electron chi connectivity index (χ4n) is 1.20. The average Bonchev–Trinajstić information content (AvgIpc) is 2.15. The minimum absolute atomic E-state index is 0.0765. The molecule has 0 N–H and O–H groups in total. The van der Waals surface area contributed by atoms with Crippen LogP contribution >= 0.6 is 0 Å². The van der Waals surface area contributed by atoms with Crippen molar-refractivity contribution >= 4 is 6.08 Å². The Morgan fingerprint density at radius 3 is 2.60 bits per heavy atom. The molecule has 1 rings (SSSR count). The third-order valence-electron chi connectivity index (χ3n) is 1.93. The van der Waals surface area contributed by atoms with E-state index in [1.54, 1.807) is 0 Å². The molecule has 5 heteroatoms. The Morgan fingerprint density at radius 2 is 2.07 bits per heavy atom. The molecule has 0 spiro atoms. The topological polar surface area (TPSA) is 29.4 Å². The van der Waals surface area contributed by atoms with Gasteiger partial charge >= 0.3 is 6.18 Å². The Hall–Kier alpha value is -1.61. The summed E-state index contributed by atoms with van der Waals surface area (Å²) in [5, 5.41) is 0. The van der Waals surface area contributed by atoms with Crippen molar-refractivity contribution in [2.24, 2.45) is 4.99 Å². The quantitative estimate of drug-likeness (QED) is 0.551. The molecular formula is C10H8F3NO. The second-order valence-corrected chi connectivity index (χ2v) is 3.05. The molecule has 0 atom stereocenters. The van der Waals surface area contributed by atoms with Gasteiger partial charge < -0.3 is 0 Å². The van der Waals surface area contributed by atoms with Crippen molar-refractivity contribution in [3.05, 3.63) is 34.9 Å². The van der Waals surface area contributed by atoms with E-state index in [9.17, 15) is 18.0 Å². The van der Waals surface area contributed by atoms with Gasteiger partial charge in [-0.2, -0.15) is 13.2 Å². The van der Waals surface area contributed by atoms with Crippen LogP contribution in [0.2, 0.25) is 0 Å². The summed E-state index contributed by atoms with van der Waals surface area (Å²) in [7, 11) is 0. The molecule has 15 heavy (non-hydrogen) atoms. The summed E-state index contributed by atoms with van der Waals surface area (Å²) in [6.07, 6.45) is -3.09. The molecule has 0 saturated heterocycles. The number of aliphatic imine (C=N–C) groups is 1. The van der Waals surface area contributed by atoms with Crippen LogP contribution in [0.15, 0.2) is 23.2 Å². The molecule has 0 aliphatic rings. The molecule has 0 aliphatic carbocycles. The first-order valence-electron chi connectivity index (χ1n) is 4.15. The highest BCUT2D eigenvalue weighted by Crippen LogP contribution is 2.32. The first-order chi connectivity index (χ1) is 6.95. The Bertz CT molecular complexity index is 406. The third-order valence-corrected chi connectivity index (χ3v) is 1.93. The summed E-state index contributed by atoms with van der Waals surface area (Å²) >= 11 is 0. The number of aryl methyl sites for hydroxylation is 1. The molecule has 0 fully saturated rings. The van der Waals surface area contributed by atoms with E-state index in [-0.39, 0.29) is 12.1 Å². The van der Waals surface area contributed by atoms with Gasteiger partial charge in [-0.25, -0.2) is 9.79 Å². The van der Waals surface area contributed by atoms with Crippen LogP contribution in [-0.2, 0) is 17.5 Å². The maximum atomic E-state index is 12.4. The molecule has 1 aromatic carbocycles. The van der Waals surface area contributed by atoms with Crippen LogP contribution in [-0.4, -0.2) is 6.08 Å². The van der Waals surface area contributed by atoms with Crippen LogP contribution in [0.4, 0.5) is 13.2 Å². The SMILES string of the molecule is Cc1ccc(CN=C=O)cc1C(F)(F)F. The van der Waals surface area contributed by atoms with Gasteiger partial charge in [-0.15, -0.1) is 0 Å². The molecule has 0 bridgehead atoms. The van der Waals surface area contributed by atoms with Gasteiger partial charge in [-0.05, 0) is 24.1 Å². The number of rotatable bonds is 2. The Balaban J connectivity index is 3.11. The molecular weight excluding hydrogens is 207 g/mol. The minimum atomic E-state index is -4.37. The smallest absolute Gasteiger partial charge is 0.211 e. The first kappa shape index (κ1) is 11.5. The van der Waals surface area contributed by atoms with Crippen molar-refractivity contribution in [3.8, 4) is 0 Å². The van der Waals surface area contributed by atoms with Gasteiger partial charge in [0.25, 0.3) is 0 Å². The lowest BCUT2D eigenvalue weighted by Crippen LogP contribution is -2.07. The summed E-state index contributed by atoms with van der Waals surface area (Å²) in [5.74, 6) is 0. The molecule has 0 amide bonds. The lowest BCUT2D eigenvalue weighted by molar-refractivity contribution is -0.138. The monoisotopic (exact) mass is 215 g/mol. The van der Waals surface area contributed by atoms with Crippen molar-refractivity contribution in [3.63, 3.8) is 0 Å². The van der Waals surface area contributed by atoms with Gasteiger partial charge in [0.2, 0.25) is 6.08 Å². The summed E-state index contributed by atoms with van der Waals surface area (Å²) in [4.78, 5) is 13.0. The average molecular weight is 215 g/mol. The Morgan fingerprint density at radius 1 is 1.40 bits per heavy atom. The van der Waals surface area contributed by atoms with Crippen LogP contribution in [0, 0.1) is 6.92 Å². The second-order valence-electron chi connectivity index (χ2n) is 3.05. The summed E-state index contributed by atoms with van der Waals surface area (Å²) in [6.45, 7) is 1.31. The predicted octanol–water partition coefficient (Wildman–Crippen LogP) is 2.85. The van der Waals surface area contributed by atoms with Crippen molar-refractivity contribution in [2.45, 2.75) is 19.6 Å². The zero-order valence-electron chi connectivity index (χ0n) is 7.93. The van der Waals surface area contributed by atoms with Crippen molar-refractivity contribution < 1.29 is 18.0 Å². The molecule has 0 radical (unpaired) electrons. The van der Waals surface area contributed by atoms with E-state index >= 15 is 0 Å². The van der Waals surface area contributed by atoms with Crippen LogP contribution < -0.4 is 0 Å². The van der Waals surface area contributed by atoms with Gasteiger partial charge in [-0.1, -0.05) is 12.1 Å². The molecule has 80 valence electrons. The molecule has 0 heterocycles. The number of benzene rings is 1. The van der Waals surface area contributed by atoms with E-state index in [1.165, 1.54) is 25.1 Å². The highest BCUT2D eigenvalue weighted by Gasteiger charge is 2.32. The second kappa shape index (κ2) is 4.28. The van der Waals surface area contributed by atoms with Crippen molar-refractivity contribution in [1.29, 1.82) is 0 Å². The van der Waals surface area contributed by atoms with Gasteiger partial charge in [0, 0.05) is 0 Å². The summed E-state index contributed by atoms with van der Waals surface area (Å²) in [6, 6.07) is 3.86. The summed E-state index contributed by atoms with van der Waals surface area (Å²) < 4.78 is 37.3. The highest BCUT2D eigenvalue weighted by atomic mass is 19.4. The van der Waals surface area contributed by atoms with Gasteiger partial charge in [-0.3, -0.25) is 0 Å². The fraction of sp³-hybridized carbons (Fsp3) is 0.300. The van der Waals surface area contributed by atoms with E-state index in [4.69, 9.17) is 0 Å². The van der Waals surface area contributed by atoms with E-state index in [0.29, 0.717) is 5.56 Å². The van der Waals surface area contributed by atoms with E-state index < -0.39 is 11.7 Å². The van der Waals surface area contributed by atoms with Crippen LogP contribution in [0.1, 0.15) is 16.7 Å². The normalized spacial score (nSPS) is 10.9. The number of alkyl halides is 3. The number of carbonyl (C=O) groups excluding carboxylic acids is 1. The molecule has 2 nitrogen and oxygen atoms in total. The van der Waals surface area contributed by atoms with Crippen LogP contribution in [0.5, 0.6) is 0 Å². The molecule has 0 unspecified atom stereocenters. The zero-order chi connectivity index (χ0) is 11.5. The van der Waals surface area contributed by atoms with E-state index in [0.717, 1.165) is 6.07 Å². The highest BCUT2D eigenvalue weighted by molar-refractivity contribution is 5.36. The third kappa shape index (κ3) is 2.92. The van der Waals surface area contributed by atoms with Gasteiger partial charge in [0.1, 0.15) is 0 Å². The Kier molecular flexibility index (Phi) is 3.27. The number of hydrogen-bond acceptors (Lipinski definition) is 2. The number of hydrogen-bond donors (Lipinski definition) is 0. The number of halogens is 3. The standard InChI is InChI=1S/C10H8F3NO/c1-7-2-3-8(5-14-6-15)4-9(7)10(11,12)13/h2-4H,5H2,1H3. The maximum absolute atomic E-state index is 12.4. The largest absolute Gasteiger partial charge is 0.416 e. The number of isocyanates is 1. The van der Waals surface area contributed by atoms with Gasteiger partial charge in [0.15, 0.2) is 0 Å². The summed E-state index contributed by atoms with van der Waals surface area (Å²) in [5.41, 5.74) is -0.196. The molecule has 1 aromatic rings. The lowest BCUT2D eigenvalue weighted by atomic mass is 10.0. The molecule has 0 aromatic heterocycles. The predicted molar refractivity (Wildman–Crippen MR) is 48.0 cm³/mol. The maximum Gasteiger partial charge on any atom is 0.416 e. The Labute approximate surface area is 84.4 Å². The fourth-order valence-corrected chi connectivity index (χ4v) is 1.20. The number of nitrogens with zero attached hydrogens (tertiary/aromatic N) is 1. The van der Waals surface area contributed by atoms with Crippen molar-refractivity contribution in [1.82, 2.24) is 0 Å². The van der Waals surface area contributed by atoms with Crippen LogP contribution in [0.3, 0.4) is 0 Å². The van der Waals surface area contributed by atoms with E-state index in [2.05, 4.69) is 4.99 Å². The van der Waals surface area contributed by atoms with E-state index in [1.807, 2.05) is 0 Å². The minimum Gasteiger partial charge on any atom is -0.211 e. The first-order valence-corrected chi connectivity index (χ1v) is 4.15. The molecule has 0 saturated carbocycles. The zero-order valence-corrected chi connectivity index (χ0v) is 7.93. The lowest BCUT2D eigenvalue weighted by Gasteiger charge is -2.10.